The minimum Gasteiger partial charge on any atom is -0.339 e. The minimum absolute atomic E-state index is 0.108. The second kappa shape index (κ2) is 5.50. The fourth-order valence-corrected chi connectivity index (χ4v) is 3.03. The van der Waals surface area contributed by atoms with Crippen LogP contribution < -0.4 is 0 Å². The summed E-state index contributed by atoms with van der Waals surface area (Å²) in [5.41, 5.74) is 1.33. The zero-order valence-corrected chi connectivity index (χ0v) is 10.8. The van der Waals surface area contributed by atoms with Gasteiger partial charge in [-0.1, -0.05) is 11.6 Å². The van der Waals surface area contributed by atoms with Crippen LogP contribution in [-0.4, -0.2) is 34.9 Å². The summed E-state index contributed by atoms with van der Waals surface area (Å²) in [5.74, 6) is 0.473. The van der Waals surface area contributed by atoms with Crippen molar-refractivity contribution >= 4 is 5.91 Å². The van der Waals surface area contributed by atoms with Gasteiger partial charge >= 0.3 is 0 Å². The number of rotatable bonds is 2. The molecule has 1 amide bonds. The molecule has 1 fully saturated rings. The summed E-state index contributed by atoms with van der Waals surface area (Å²) in [5, 5.41) is 10.9. The highest BCUT2D eigenvalue weighted by Crippen LogP contribution is 2.33. The molecule has 2 unspecified atom stereocenters. The van der Waals surface area contributed by atoms with Gasteiger partial charge in [0, 0.05) is 37.8 Å². The van der Waals surface area contributed by atoms with Crippen molar-refractivity contribution in [3.63, 3.8) is 0 Å². The Morgan fingerprint density at radius 2 is 2.28 bits per heavy atom. The molecule has 2 rings (SSSR count). The van der Waals surface area contributed by atoms with Crippen LogP contribution in [0.1, 0.15) is 39.0 Å². The van der Waals surface area contributed by atoms with E-state index in [1.54, 1.807) is 6.92 Å². The molecule has 1 heterocycles. The van der Waals surface area contributed by atoms with Crippen molar-refractivity contribution in [2.24, 2.45) is 5.92 Å². The van der Waals surface area contributed by atoms with Crippen LogP contribution in [0, 0.1) is 16.0 Å². The van der Waals surface area contributed by atoms with Gasteiger partial charge in [-0.05, 0) is 25.2 Å². The van der Waals surface area contributed by atoms with E-state index in [0.717, 1.165) is 32.2 Å². The Morgan fingerprint density at radius 1 is 1.50 bits per heavy atom. The second-order valence-electron chi connectivity index (χ2n) is 5.30. The maximum atomic E-state index is 11.2. The Bertz CT molecular complexity index is 378. The standard InChI is InChI=1S/C13H20N2O3/c1-10(16)14-7-5-11(6-8-14)12-3-2-4-13(9-12)15(17)18/h5,12-13H,2-4,6-9H2,1H3. The van der Waals surface area contributed by atoms with Crippen molar-refractivity contribution in [3.05, 3.63) is 21.8 Å². The maximum Gasteiger partial charge on any atom is 0.219 e. The minimum atomic E-state index is -0.365. The van der Waals surface area contributed by atoms with Gasteiger partial charge in [-0.15, -0.1) is 0 Å². The van der Waals surface area contributed by atoms with Crippen molar-refractivity contribution in [3.8, 4) is 0 Å². The van der Waals surface area contributed by atoms with Crippen molar-refractivity contribution in [1.29, 1.82) is 0 Å². The third-order valence-electron chi connectivity index (χ3n) is 4.16. The maximum absolute atomic E-state index is 11.2. The van der Waals surface area contributed by atoms with Crippen molar-refractivity contribution < 1.29 is 9.72 Å². The molecule has 2 atom stereocenters. The van der Waals surface area contributed by atoms with Crippen LogP contribution in [0.2, 0.25) is 0 Å². The van der Waals surface area contributed by atoms with Crippen molar-refractivity contribution in [2.45, 2.75) is 45.1 Å². The molecule has 0 aromatic carbocycles. The molecule has 0 spiro atoms. The quantitative estimate of drug-likeness (QED) is 0.429. The smallest absolute Gasteiger partial charge is 0.219 e. The van der Waals surface area contributed by atoms with E-state index in [1.807, 2.05) is 4.90 Å². The zero-order valence-electron chi connectivity index (χ0n) is 10.8. The SMILES string of the molecule is CC(=O)N1CC=C(C2CCCC([N+](=O)[O-])C2)CC1. The average Bonchev–Trinajstić information content (AvgIpc) is 2.39. The lowest BCUT2D eigenvalue weighted by molar-refractivity contribution is -0.527. The lowest BCUT2D eigenvalue weighted by Crippen LogP contribution is -2.35. The van der Waals surface area contributed by atoms with Crippen molar-refractivity contribution in [2.75, 3.05) is 13.1 Å². The summed E-state index contributed by atoms with van der Waals surface area (Å²) < 4.78 is 0. The first kappa shape index (κ1) is 13.1. The summed E-state index contributed by atoms with van der Waals surface area (Å²) >= 11 is 0. The van der Waals surface area contributed by atoms with E-state index in [4.69, 9.17) is 0 Å². The van der Waals surface area contributed by atoms with Gasteiger partial charge in [0.1, 0.15) is 0 Å². The van der Waals surface area contributed by atoms with Gasteiger partial charge in [-0.3, -0.25) is 14.9 Å². The summed E-state index contributed by atoms with van der Waals surface area (Å²) in [6.07, 6.45) is 6.40. The highest BCUT2D eigenvalue weighted by Gasteiger charge is 2.32. The normalized spacial score (nSPS) is 28.7. The van der Waals surface area contributed by atoms with E-state index in [-0.39, 0.29) is 16.9 Å². The number of carbonyl (C=O) groups is 1. The van der Waals surface area contributed by atoms with E-state index >= 15 is 0 Å². The highest BCUT2D eigenvalue weighted by molar-refractivity contribution is 5.73. The number of amides is 1. The van der Waals surface area contributed by atoms with Crippen LogP contribution in [0.3, 0.4) is 0 Å². The van der Waals surface area contributed by atoms with Gasteiger partial charge in [0.15, 0.2) is 0 Å². The number of nitrogens with zero attached hydrogens (tertiary/aromatic N) is 2. The molecule has 2 aliphatic rings. The average molecular weight is 252 g/mol. The molecule has 0 aromatic rings. The first-order chi connectivity index (χ1) is 8.58. The third-order valence-corrected chi connectivity index (χ3v) is 4.16. The Kier molecular flexibility index (Phi) is 3.99. The van der Waals surface area contributed by atoms with Gasteiger partial charge in [0.05, 0.1) is 0 Å². The zero-order chi connectivity index (χ0) is 13.1. The van der Waals surface area contributed by atoms with Gasteiger partial charge in [-0.25, -0.2) is 0 Å². The van der Waals surface area contributed by atoms with Crippen molar-refractivity contribution in [1.82, 2.24) is 4.90 Å². The Morgan fingerprint density at radius 3 is 2.83 bits per heavy atom. The van der Waals surface area contributed by atoms with Crippen LogP contribution in [0.15, 0.2) is 11.6 Å². The Hall–Kier alpha value is -1.39. The van der Waals surface area contributed by atoms with E-state index in [0.29, 0.717) is 18.9 Å². The first-order valence-corrected chi connectivity index (χ1v) is 6.66. The second-order valence-corrected chi connectivity index (χ2v) is 5.30. The van der Waals surface area contributed by atoms with Crippen LogP contribution >= 0.6 is 0 Å². The number of hydrogen-bond donors (Lipinski definition) is 0. The molecule has 0 bridgehead atoms. The molecule has 100 valence electrons. The molecule has 0 N–H and O–H groups in total. The van der Waals surface area contributed by atoms with E-state index in [9.17, 15) is 14.9 Å². The van der Waals surface area contributed by atoms with Gasteiger partial charge in [0.2, 0.25) is 11.9 Å². The van der Waals surface area contributed by atoms with Crippen LogP contribution in [-0.2, 0) is 4.79 Å². The number of hydrogen-bond acceptors (Lipinski definition) is 3. The van der Waals surface area contributed by atoms with Gasteiger partial charge in [0.25, 0.3) is 0 Å². The molecule has 0 radical (unpaired) electrons. The lowest BCUT2D eigenvalue weighted by Gasteiger charge is -2.32. The summed E-state index contributed by atoms with van der Waals surface area (Å²) in [6, 6.07) is -0.365. The largest absolute Gasteiger partial charge is 0.339 e. The summed E-state index contributed by atoms with van der Waals surface area (Å²) in [4.78, 5) is 23.8. The molecular formula is C13H20N2O3. The number of carbonyl (C=O) groups excluding carboxylic acids is 1. The first-order valence-electron chi connectivity index (χ1n) is 6.66. The third kappa shape index (κ3) is 2.89. The molecule has 5 nitrogen and oxygen atoms in total. The molecule has 0 aromatic heterocycles. The molecule has 5 heteroatoms. The van der Waals surface area contributed by atoms with E-state index < -0.39 is 0 Å². The molecule has 0 saturated heterocycles. The molecule has 1 aliphatic heterocycles. The fraction of sp³-hybridized carbons (Fsp3) is 0.769. The lowest BCUT2D eigenvalue weighted by atomic mass is 9.79. The van der Waals surface area contributed by atoms with Gasteiger partial charge in [-0.2, -0.15) is 0 Å². The Balaban J connectivity index is 1.96. The Labute approximate surface area is 107 Å². The monoisotopic (exact) mass is 252 g/mol. The van der Waals surface area contributed by atoms with Crippen LogP contribution in [0.4, 0.5) is 0 Å². The highest BCUT2D eigenvalue weighted by atomic mass is 16.6. The fourth-order valence-electron chi connectivity index (χ4n) is 3.03. The topological polar surface area (TPSA) is 63.5 Å². The molecule has 1 saturated carbocycles. The van der Waals surface area contributed by atoms with E-state index in [2.05, 4.69) is 6.08 Å². The summed E-state index contributed by atoms with van der Waals surface area (Å²) in [7, 11) is 0. The predicted octanol–water partition coefficient (Wildman–Crippen LogP) is 2.00. The molecule has 18 heavy (non-hydrogen) atoms. The number of nitro groups is 1. The molecule has 1 aliphatic carbocycles. The predicted molar refractivity (Wildman–Crippen MR) is 67.7 cm³/mol. The van der Waals surface area contributed by atoms with E-state index in [1.165, 1.54) is 5.57 Å². The molecular weight excluding hydrogens is 232 g/mol. The van der Waals surface area contributed by atoms with Crippen LogP contribution in [0.5, 0.6) is 0 Å². The summed E-state index contributed by atoms with van der Waals surface area (Å²) in [6.45, 7) is 3.02. The van der Waals surface area contributed by atoms with Crippen LogP contribution in [0.25, 0.3) is 0 Å². The van der Waals surface area contributed by atoms with Gasteiger partial charge < -0.3 is 4.90 Å².